The van der Waals surface area contributed by atoms with Crippen molar-refractivity contribution in [2.24, 2.45) is 0 Å². The molecule has 5 rings (SSSR count). The van der Waals surface area contributed by atoms with Crippen LogP contribution in [0.2, 0.25) is 5.02 Å². The molecule has 0 spiro atoms. The molecule has 2 aliphatic heterocycles. The van der Waals surface area contributed by atoms with Crippen LogP contribution in [-0.2, 0) is 35.2 Å². The summed E-state index contributed by atoms with van der Waals surface area (Å²) in [5.74, 6) is -1.38. The van der Waals surface area contributed by atoms with E-state index in [1.54, 1.807) is 17.0 Å². The lowest BCUT2D eigenvalue weighted by molar-refractivity contribution is -0.138. The number of alkyl halides is 3. The first kappa shape index (κ1) is 35.8. The highest BCUT2D eigenvalue weighted by Crippen LogP contribution is 2.33. The summed E-state index contributed by atoms with van der Waals surface area (Å²) < 4.78 is 55.2. The van der Waals surface area contributed by atoms with Crippen molar-refractivity contribution in [1.29, 1.82) is 0 Å². The molecule has 0 aliphatic carbocycles. The first-order valence-corrected chi connectivity index (χ1v) is 16.8. The standard InChI is InChI=1S/C36H42ClF4N5O2/c1-3-44(4-2)23-33(29-14-11-27(21-30(29)38)36(39,40)41)45-15-17-46(18-16-45)35(48)32(19-24-9-12-28(37)13-10-24)43-34(47)31-20-25-7-5-6-8-26(25)22-42-31/h5-14,21,31-33,42H,3-4,15-20,22-23H2,1-2H3,(H,43,47)/t31-,32-,33?/m1/s1. The summed E-state index contributed by atoms with van der Waals surface area (Å²) in [7, 11) is 0. The second kappa shape index (κ2) is 15.8. The maximum Gasteiger partial charge on any atom is 0.416 e. The molecular weight excluding hydrogens is 646 g/mol. The van der Waals surface area contributed by atoms with E-state index in [1.165, 1.54) is 6.07 Å². The molecule has 0 radical (unpaired) electrons. The summed E-state index contributed by atoms with van der Waals surface area (Å²) in [5, 5.41) is 6.87. The fraction of sp³-hybridized carbons (Fsp3) is 0.444. The minimum absolute atomic E-state index is 0.198. The van der Waals surface area contributed by atoms with Crippen LogP contribution in [-0.4, -0.2) is 84.4 Å². The zero-order valence-electron chi connectivity index (χ0n) is 27.2. The Hall–Kier alpha value is -3.51. The fourth-order valence-corrected chi connectivity index (χ4v) is 6.68. The number of hydrogen-bond acceptors (Lipinski definition) is 5. The third kappa shape index (κ3) is 8.74. The minimum atomic E-state index is -4.64. The molecule has 3 atom stereocenters. The highest BCUT2D eigenvalue weighted by Gasteiger charge is 2.36. The van der Waals surface area contributed by atoms with E-state index in [4.69, 9.17) is 11.6 Å². The molecule has 3 aromatic carbocycles. The smallest absolute Gasteiger partial charge is 0.343 e. The van der Waals surface area contributed by atoms with Crippen molar-refractivity contribution in [3.63, 3.8) is 0 Å². The lowest BCUT2D eigenvalue weighted by atomic mass is 9.95. The molecule has 0 bridgehead atoms. The van der Waals surface area contributed by atoms with Gasteiger partial charge in [0, 0.05) is 56.3 Å². The van der Waals surface area contributed by atoms with Gasteiger partial charge in [-0.25, -0.2) is 4.39 Å². The number of piperazine rings is 1. The average molecular weight is 688 g/mol. The van der Waals surface area contributed by atoms with Crippen LogP contribution in [0, 0.1) is 5.82 Å². The molecule has 2 heterocycles. The number of carbonyl (C=O) groups excluding carboxylic acids is 2. The van der Waals surface area contributed by atoms with Crippen LogP contribution in [0.25, 0.3) is 0 Å². The van der Waals surface area contributed by atoms with Crippen LogP contribution in [0.1, 0.15) is 47.7 Å². The Bertz CT molecular complexity index is 1560. The molecule has 2 N–H and O–H groups in total. The number of rotatable bonds is 11. The largest absolute Gasteiger partial charge is 0.416 e. The van der Waals surface area contributed by atoms with Gasteiger partial charge in [0.05, 0.1) is 17.6 Å². The van der Waals surface area contributed by atoms with Crippen LogP contribution in [0.3, 0.4) is 0 Å². The number of nitrogens with zero attached hydrogens (tertiary/aromatic N) is 3. The van der Waals surface area contributed by atoms with E-state index in [0.717, 1.165) is 22.8 Å². The molecule has 1 fully saturated rings. The van der Waals surface area contributed by atoms with Crippen molar-refractivity contribution < 1.29 is 27.2 Å². The average Bonchev–Trinajstić information content (AvgIpc) is 3.09. The Kier molecular flexibility index (Phi) is 11.8. The number of amides is 2. The van der Waals surface area contributed by atoms with Gasteiger partial charge in [0.15, 0.2) is 0 Å². The van der Waals surface area contributed by atoms with Crippen LogP contribution < -0.4 is 10.6 Å². The molecular formula is C36H42ClF4N5O2. The third-order valence-electron chi connectivity index (χ3n) is 9.44. The maximum absolute atomic E-state index is 15.3. The lowest BCUT2D eigenvalue weighted by Crippen LogP contribution is -2.58. The highest BCUT2D eigenvalue weighted by molar-refractivity contribution is 6.30. The third-order valence-corrected chi connectivity index (χ3v) is 9.70. The van der Waals surface area contributed by atoms with Gasteiger partial charge >= 0.3 is 6.18 Å². The molecule has 7 nitrogen and oxygen atoms in total. The van der Waals surface area contributed by atoms with Gasteiger partial charge in [-0.15, -0.1) is 0 Å². The Morgan fingerprint density at radius 3 is 2.27 bits per heavy atom. The monoisotopic (exact) mass is 687 g/mol. The lowest BCUT2D eigenvalue weighted by Gasteiger charge is -2.42. The van der Waals surface area contributed by atoms with E-state index in [2.05, 4.69) is 15.5 Å². The molecule has 12 heteroatoms. The van der Waals surface area contributed by atoms with Gasteiger partial charge in [-0.05, 0) is 60.5 Å². The van der Waals surface area contributed by atoms with Crippen LogP contribution in [0.15, 0.2) is 66.7 Å². The number of likely N-dealkylation sites (N-methyl/N-ethyl adjacent to an activating group) is 1. The Labute approximate surface area is 284 Å². The number of halogens is 5. The van der Waals surface area contributed by atoms with Crippen LogP contribution >= 0.6 is 11.6 Å². The summed E-state index contributed by atoms with van der Waals surface area (Å²) >= 11 is 6.10. The normalized spacial score (nSPS) is 18.3. The molecule has 0 saturated carbocycles. The predicted octanol–water partition coefficient (Wildman–Crippen LogP) is 5.47. The van der Waals surface area contributed by atoms with E-state index >= 15 is 4.39 Å². The topological polar surface area (TPSA) is 67.9 Å². The van der Waals surface area contributed by atoms with Crippen molar-refractivity contribution in [3.05, 3.63) is 105 Å². The number of hydrogen-bond donors (Lipinski definition) is 2. The summed E-state index contributed by atoms with van der Waals surface area (Å²) in [4.78, 5) is 33.4. The number of benzene rings is 3. The van der Waals surface area contributed by atoms with Gasteiger partial charge in [-0.2, -0.15) is 13.2 Å². The summed E-state index contributed by atoms with van der Waals surface area (Å²) in [6, 6.07) is 16.0. The number of fused-ring (bicyclic) bond motifs is 1. The molecule has 2 amide bonds. The molecule has 2 aliphatic rings. The van der Waals surface area contributed by atoms with Gasteiger partial charge in [0.1, 0.15) is 11.9 Å². The maximum atomic E-state index is 15.3. The predicted molar refractivity (Wildman–Crippen MR) is 178 cm³/mol. The van der Waals surface area contributed by atoms with Crippen molar-refractivity contribution >= 4 is 23.4 Å². The molecule has 48 heavy (non-hydrogen) atoms. The number of carbonyl (C=O) groups is 2. The minimum Gasteiger partial charge on any atom is -0.343 e. The summed E-state index contributed by atoms with van der Waals surface area (Å²) in [6.07, 6.45) is -3.86. The number of nitrogens with one attached hydrogen (secondary N) is 2. The molecule has 1 saturated heterocycles. The van der Waals surface area contributed by atoms with E-state index in [0.29, 0.717) is 69.9 Å². The second-order valence-electron chi connectivity index (χ2n) is 12.4. The van der Waals surface area contributed by atoms with E-state index in [-0.39, 0.29) is 23.8 Å². The van der Waals surface area contributed by atoms with Crippen molar-refractivity contribution in [2.45, 2.75) is 57.5 Å². The molecule has 0 aromatic heterocycles. The van der Waals surface area contributed by atoms with E-state index < -0.39 is 35.7 Å². The molecule has 3 aromatic rings. The van der Waals surface area contributed by atoms with Crippen LogP contribution in [0.5, 0.6) is 0 Å². The second-order valence-corrected chi connectivity index (χ2v) is 12.8. The van der Waals surface area contributed by atoms with Gasteiger partial charge < -0.3 is 20.4 Å². The Morgan fingerprint density at radius 1 is 0.979 bits per heavy atom. The molecule has 258 valence electrons. The zero-order valence-corrected chi connectivity index (χ0v) is 28.0. The van der Waals surface area contributed by atoms with E-state index in [9.17, 15) is 22.8 Å². The SMILES string of the molecule is CCN(CC)CC(c1ccc(C(F)(F)F)cc1F)N1CCN(C(=O)[C@@H](Cc2ccc(Cl)cc2)NC(=O)[C@H]2Cc3ccccc3CN2)CC1. The van der Waals surface area contributed by atoms with Gasteiger partial charge in [-0.1, -0.05) is 67.9 Å². The summed E-state index contributed by atoms with van der Waals surface area (Å²) in [5.41, 5.74) is 2.25. The van der Waals surface area contributed by atoms with E-state index in [1.807, 2.05) is 55.1 Å². The molecule has 1 unspecified atom stereocenters. The van der Waals surface area contributed by atoms with Crippen molar-refractivity contribution in [1.82, 2.24) is 25.3 Å². The van der Waals surface area contributed by atoms with Gasteiger partial charge in [-0.3, -0.25) is 14.5 Å². The van der Waals surface area contributed by atoms with Crippen molar-refractivity contribution in [2.75, 3.05) is 45.8 Å². The quantitative estimate of drug-likeness (QED) is 0.262. The highest BCUT2D eigenvalue weighted by atomic mass is 35.5. The zero-order chi connectivity index (χ0) is 34.4. The fourth-order valence-electron chi connectivity index (χ4n) is 6.55. The first-order valence-electron chi connectivity index (χ1n) is 16.4. The first-order chi connectivity index (χ1) is 23.0. The Balaban J connectivity index is 1.31. The summed E-state index contributed by atoms with van der Waals surface area (Å²) in [6.45, 7) is 7.75. The Morgan fingerprint density at radius 2 is 1.65 bits per heavy atom. The van der Waals surface area contributed by atoms with Crippen LogP contribution in [0.4, 0.5) is 17.6 Å². The van der Waals surface area contributed by atoms with Gasteiger partial charge in [0.25, 0.3) is 0 Å². The van der Waals surface area contributed by atoms with Gasteiger partial charge in [0.2, 0.25) is 11.8 Å². The van der Waals surface area contributed by atoms with Crippen molar-refractivity contribution in [3.8, 4) is 0 Å².